The third kappa shape index (κ3) is 3.11. The van der Waals surface area contributed by atoms with Gasteiger partial charge in [0.15, 0.2) is 5.41 Å². The largest absolute Gasteiger partial charge is 0.468 e. The van der Waals surface area contributed by atoms with Gasteiger partial charge in [-0.3, -0.25) is 9.59 Å². The van der Waals surface area contributed by atoms with Gasteiger partial charge in [-0.05, 0) is 32.1 Å². The van der Waals surface area contributed by atoms with Crippen LogP contribution in [-0.2, 0) is 19.1 Å². The topological polar surface area (TPSA) is 52.6 Å². The fourth-order valence-electron chi connectivity index (χ4n) is 2.97. The molecular formula is C14H21ClO4. The van der Waals surface area contributed by atoms with Gasteiger partial charge in [0.05, 0.1) is 14.2 Å². The third-order valence-corrected chi connectivity index (χ3v) is 4.27. The Morgan fingerprint density at radius 3 is 2.05 bits per heavy atom. The van der Waals surface area contributed by atoms with Crippen LogP contribution in [0.15, 0.2) is 11.1 Å². The molecule has 0 spiro atoms. The molecule has 0 amide bonds. The normalized spacial score (nSPS) is 17.4. The van der Waals surface area contributed by atoms with Crippen LogP contribution in [0.2, 0.25) is 0 Å². The average molecular weight is 289 g/mol. The molecule has 0 aliphatic heterocycles. The van der Waals surface area contributed by atoms with Crippen molar-refractivity contribution < 1.29 is 19.1 Å². The van der Waals surface area contributed by atoms with Gasteiger partial charge in [-0.15, -0.1) is 0 Å². The second kappa shape index (κ2) is 6.94. The van der Waals surface area contributed by atoms with E-state index >= 15 is 0 Å². The van der Waals surface area contributed by atoms with Crippen LogP contribution in [0.1, 0.15) is 39.0 Å². The average Bonchev–Trinajstić information content (AvgIpc) is 2.97. The van der Waals surface area contributed by atoms with Gasteiger partial charge in [0.1, 0.15) is 0 Å². The van der Waals surface area contributed by atoms with Crippen molar-refractivity contribution in [3.63, 3.8) is 0 Å². The Bertz CT molecular complexity index is 354. The number of carbonyl (C=O) groups is 2. The summed E-state index contributed by atoms with van der Waals surface area (Å²) in [7, 11) is 2.60. The van der Waals surface area contributed by atoms with Gasteiger partial charge in [0.25, 0.3) is 0 Å². The fraction of sp³-hybridized carbons (Fsp3) is 0.714. The van der Waals surface area contributed by atoms with Gasteiger partial charge in [0.2, 0.25) is 0 Å². The van der Waals surface area contributed by atoms with E-state index in [1.165, 1.54) is 19.8 Å². The highest BCUT2D eigenvalue weighted by molar-refractivity contribution is 6.25. The van der Waals surface area contributed by atoms with E-state index in [1.54, 1.807) is 6.92 Å². The van der Waals surface area contributed by atoms with Crippen LogP contribution in [0.5, 0.6) is 0 Å². The lowest BCUT2D eigenvalue weighted by Gasteiger charge is -2.33. The van der Waals surface area contributed by atoms with Crippen molar-refractivity contribution in [2.75, 3.05) is 14.2 Å². The molecule has 0 N–H and O–H groups in total. The van der Waals surface area contributed by atoms with Crippen LogP contribution >= 0.6 is 11.6 Å². The van der Waals surface area contributed by atoms with Gasteiger partial charge >= 0.3 is 11.9 Å². The van der Waals surface area contributed by atoms with Crippen molar-refractivity contribution in [2.24, 2.45) is 11.3 Å². The van der Waals surface area contributed by atoms with Crippen molar-refractivity contribution >= 4 is 23.5 Å². The van der Waals surface area contributed by atoms with Crippen LogP contribution in [0.25, 0.3) is 0 Å². The highest BCUT2D eigenvalue weighted by atomic mass is 35.5. The first kappa shape index (κ1) is 16.0. The molecular weight excluding hydrogens is 268 g/mol. The van der Waals surface area contributed by atoms with E-state index in [9.17, 15) is 9.59 Å². The van der Waals surface area contributed by atoms with E-state index in [0.717, 1.165) is 31.3 Å². The molecule has 4 nitrogen and oxygen atoms in total. The number of allylic oxidation sites excluding steroid dienone is 1. The maximum absolute atomic E-state index is 12.3. The van der Waals surface area contributed by atoms with E-state index in [0.29, 0.717) is 0 Å². The lowest BCUT2D eigenvalue weighted by atomic mass is 9.70. The van der Waals surface area contributed by atoms with Gasteiger partial charge in [0, 0.05) is 5.54 Å². The maximum Gasteiger partial charge on any atom is 0.323 e. The van der Waals surface area contributed by atoms with E-state index < -0.39 is 17.4 Å². The number of ether oxygens (including phenoxy) is 2. The molecule has 1 fully saturated rings. The predicted molar refractivity (Wildman–Crippen MR) is 72.7 cm³/mol. The molecule has 0 saturated heterocycles. The zero-order valence-electron chi connectivity index (χ0n) is 11.7. The Labute approximate surface area is 119 Å². The number of methoxy groups -OCH3 is 2. The molecule has 1 aliphatic rings. The maximum atomic E-state index is 12.3. The molecule has 0 aromatic rings. The third-order valence-electron chi connectivity index (χ3n) is 3.90. The zero-order chi connectivity index (χ0) is 14.5. The molecule has 0 unspecified atom stereocenters. The molecule has 0 atom stereocenters. The first-order valence-corrected chi connectivity index (χ1v) is 6.89. The zero-order valence-corrected chi connectivity index (χ0v) is 12.5. The van der Waals surface area contributed by atoms with Crippen LogP contribution in [0.3, 0.4) is 0 Å². The lowest BCUT2D eigenvalue weighted by Crippen LogP contribution is -2.46. The van der Waals surface area contributed by atoms with E-state index in [4.69, 9.17) is 21.1 Å². The van der Waals surface area contributed by atoms with E-state index in [-0.39, 0.29) is 12.3 Å². The summed E-state index contributed by atoms with van der Waals surface area (Å²) in [5.41, 5.74) is 0.912. The minimum Gasteiger partial charge on any atom is -0.468 e. The number of hydrogen-bond acceptors (Lipinski definition) is 4. The Kier molecular flexibility index (Phi) is 5.85. The molecule has 0 bridgehead atoms. The van der Waals surface area contributed by atoms with Gasteiger partial charge in [-0.1, -0.05) is 30.0 Å². The summed E-state index contributed by atoms with van der Waals surface area (Å²) in [4.78, 5) is 24.6. The van der Waals surface area contributed by atoms with Crippen molar-refractivity contribution in [1.82, 2.24) is 0 Å². The van der Waals surface area contributed by atoms with E-state index in [2.05, 4.69) is 0 Å². The molecule has 0 heterocycles. The molecule has 1 aliphatic carbocycles. The standard InChI is InChI=1S/C14H21ClO4/c1-10(9-15)8-14(12(16)18-2,13(17)19-3)11-6-4-5-7-11/h9,11H,4-8H2,1-3H3. The molecule has 0 radical (unpaired) electrons. The Morgan fingerprint density at radius 1 is 1.21 bits per heavy atom. The van der Waals surface area contributed by atoms with Gasteiger partial charge in [-0.25, -0.2) is 0 Å². The Balaban J connectivity index is 3.22. The summed E-state index contributed by atoms with van der Waals surface area (Å²) in [6, 6.07) is 0. The minimum absolute atomic E-state index is 0.0426. The monoisotopic (exact) mass is 288 g/mol. The Morgan fingerprint density at radius 2 is 1.68 bits per heavy atom. The summed E-state index contributed by atoms with van der Waals surface area (Å²) in [6.45, 7) is 1.79. The summed E-state index contributed by atoms with van der Waals surface area (Å²) in [5.74, 6) is -1.09. The first-order chi connectivity index (χ1) is 9.02. The highest BCUT2D eigenvalue weighted by Crippen LogP contribution is 2.46. The number of carbonyl (C=O) groups excluding carboxylic acids is 2. The Hall–Kier alpha value is -1.03. The van der Waals surface area contributed by atoms with Crippen molar-refractivity contribution in [1.29, 1.82) is 0 Å². The van der Waals surface area contributed by atoms with Crippen molar-refractivity contribution in [2.45, 2.75) is 39.0 Å². The van der Waals surface area contributed by atoms with Crippen molar-refractivity contribution in [3.05, 3.63) is 11.1 Å². The second-order valence-corrected chi connectivity index (χ2v) is 5.29. The van der Waals surface area contributed by atoms with Gasteiger partial charge in [-0.2, -0.15) is 0 Å². The predicted octanol–water partition coefficient (Wildman–Crippen LogP) is 3.04. The number of hydrogen-bond donors (Lipinski definition) is 0. The quantitative estimate of drug-likeness (QED) is 0.576. The summed E-state index contributed by atoms with van der Waals surface area (Å²) >= 11 is 5.69. The molecule has 108 valence electrons. The molecule has 0 aromatic heterocycles. The first-order valence-electron chi connectivity index (χ1n) is 6.45. The van der Waals surface area contributed by atoms with Crippen LogP contribution in [-0.4, -0.2) is 26.2 Å². The van der Waals surface area contributed by atoms with Crippen LogP contribution in [0, 0.1) is 11.3 Å². The summed E-state index contributed by atoms with van der Waals surface area (Å²) in [5, 5.41) is 0. The number of rotatable bonds is 5. The number of halogens is 1. The molecule has 1 rings (SSSR count). The molecule has 0 aromatic carbocycles. The minimum atomic E-state index is -1.25. The van der Waals surface area contributed by atoms with Gasteiger partial charge < -0.3 is 9.47 Å². The second-order valence-electron chi connectivity index (χ2n) is 5.07. The summed E-state index contributed by atoms with van der Waals surface area (Å²) in [6.07, 6.45) is 3.95. The molecule has 1 saturated carbocycles. The molecule has 5 heteroatoms. The van der Waals surface area contributed by atoms with Crippen LogP contribution < -0.4 is 0 Å². The highest BCUT2D eigenvalue weighted by Gasteiger charge is 2.54. The van der Waals surface area contributed by atoms with Crippen LogP contribution in [0.4, 0.5) is 0 Å². The van der Waals surface area contributed by atoms with Crippen molar-refractivity contribution in [3.8, 4) is 0 Å². The summed E-state index contributed by atoms with van der Waals surface area (Å²) < 4.78 is 9.77. The lowest BCUT2D eigenvalue weighted by molar-refractivity contribution is -0.173. The number of esters is 2. The molecule has 19 heavy (non-hydrogen) atoms. The fourth-order valence-corrected chi connectivity index (χ4v) is 3.04. The smallest absolute Gasteiger partial charge is 0.323 e. The van der Waals surface area contributed by atoms with E-state index in [1.807, 2.05) is 0 Å². The SMILES string of the molecule is COC(=O)C(CC(C)=CCl)(C(=O)OC)C1CCCC1.